The molecule has 0 spiro atoms. The maximum absolute atomic E-state index is 11.8. The molecule has 0 heterocycles. The molecule has 0 aliphatic carbocycles. The molecule has 2 aromatic carbocycles. The summed E-state index contributed by atoms with van der Waals surface area (Å²) in [5.41, 5.74) is 3.00. The first-order chi connectivity index (χ1) is 13.8. The SMILES string of the molecule is Cc1cc(Cl)ccc1OCCCC(=O)OCC(=O)NCc1ccc(N(C)C)cc1. The number of benzene rings is 2. The highest BCUT2D eigenvalue weighted by atomic mass is 35.5. The third kappa shape index (κ3) is 8.03. The van der Waals surface area contributed by atoms with Gasteiger partial charge in [-0.2, -0.15) is 0 Å². The molecule has 2 aromatic rings. The normalized spacial score (nSPS) is 10.3. The van der Waals surface area contributed by atoms with Crippen LogP contribution in [0.15, 0.2) is 42.5 Å². The molecule has 0 fully saturated rings. The Bertz CT molecular complexity index is 822. The average molecular weight is 419 g/mol. The Hall–Kier alpha value is -2.73. The maximum Gasteiger partial charge on any atom is 0.306 e. The fourth-order valence-electron chi connectivity index (χ4n) is 2.56. The van der Waals surface area contributed by atoms with Gasteiger partial charge in [-0.15, -0.1) is 0 Å². The standard InChI is InChI=1S/C22H27ClN2O4/c1-16-13-18(23)8-11-20(16)28-12-4-5-22(27)29-15-21(26)24-14-17-6-9-19(10-7-17)25(2)3/h6-11,13H,4-5,12,14-15H2,1-3H3,(H,24,26). The molecule has 0 atom stereocenters. The van der Waals surface area contributed by atoms with Crippen LogP contribution in [0, 0.1) is 6.92 Å². The lowest BCUT2D eigenvalue weighted by Gasteiger charge is -2.13. The van der Waals surface area contributed by atoms with E-state index < -0.39 is 5.97 Å². The minimum Gasteiger partial charge on any atom is -0.493 e. The molecule has 0 aliphatic rings. The number of anilines is 1. The Balaban J connectivity index is 1.60. The van der Waals surface area contributed by atoms with Crippen LogP contribution in [0.25, 0.3) is 0 Å². The summed E-state index contributed by atoms with van der Waals surface area (Å²) in [5, 5.41) is 3.39. The van der Waals surface area contributed by atoms with Gasteiger partial charge in [0.25, 0.3) is 5.91 Å². The molecule has 1 N–H and O–H groups in total. The summed E-state index contributed by atoms with van der Waals surface area (Å²) in [7, 11) is 3.94. The van der Waals surface area contributed by atoms with Gasteiger partial charge >= 0.3 is 5.97 Å². The number of nitrogens with one attached hydrogen (secondary N) is 1. The highest BCUT2D eigenvalue weighted by Gasteiger charge is 2.08. The topological polar surface area (TPSA) is 67.9 Å². The van der Waals surface area contributed by atoms with Gasteiger partial charge in [0, 0.05) is 37.8 Å². The third-order valence-electron chi connectivity index (χ3n) is 4.23. The largest absolute Gasteiger partial charge is 0.493 e. The van der Waals surface area contributed by atoms with Crippen molar-refractivity contribution in [2.45, 2.75) is 26.3 Å². The Labute approximate surface area is 176 Å². The van der Waals surface area contributed by atoms with E-state index in [9.17, 15) is 9.59 Å². The van der Waals surface area contributed by atoms with Crippen LogP contribution in [0.3, 0.4) is 0 Å². The van der Waals surface area contributed by atoms with Crippen molar-refractivity contribution in [1.82, 2.24) is 5.32 Å². The molecule has 0 saturated carbocycles. The number of hydrogen-bond donors (Lipinski definition) is 1. The molecule has 0 saturated heterocycles. The molecular formula is C22H27ClN2O4. The summed E-state index contributed by atoms with van der Waals surface area (Å²) >= 11 is 5.90. The minimum absolute atomic E-state index is 0.186. The van der Waals surface area contributed by atoms with Gasteiger partial charge in [0.05, 0.1) is 6.61 Å². The van der Waals surface area contributed by atoms with E-state index in [-0.39, 0.29) is 18.9 Å². The van der Waals surface area contributed by atoms with Crippen LogP contribution in [0.2, 0.25) is 5.02 Å². The first kappa shape index (κ1) is 22.6. The molecule has 29 heavy (non-hydrogen) atoms. The number of halogens is 1. The van der Waals surface area contributed by atoms with Crippen molar-refractivity contribution in [2.24, 2.45) is 0 Å². The van der Waals surface area contributed by atoms with Crippen LogP contribution < -0.4 is 15.0 Å². The van der Waals surface area contributed by atoms with Crippen LogP contribution in [0.4, 0.5) is 5.69 Å². The van der Waals surface area contributed by atoms with E-state index >= 15 is 0 Å². The lowest BCUT2D eigenvalue weighted by Crippen LogP contribution is -2.28. The van der Waals surface area contributed by atoms with E-state index in [0.29, 0.717) is 24.6 Å². The molecule has 1 amide bonds. The molecule has 0 radical (unpaired) electrons. The maximum atomic E-state index is 11.8. The molecule has 0 aromatic heterocycles. The quantitative estimate of drug-likeness (QED) is 0.470. The third-order valence-corrected chi connectivity index (χ3v) is 4.46. The number of hydrogen-bond acceptors (Lipinski definition) is 5. The van der Waals surface area contributed by atoms with Gasteiger partial charge in [0.2, 0.25) is 0 Å². The first-order valence-electron chi connectivity index (χ1n) is 9.42. The predicted octanol–water partition coefficient (Wildman–Crippen LogP) is 3.73. The van der Waals surface area contributed by atoms with E-state index in [0.717, 1.165) is 22.6 Å². The van der Waals surface area contributed by atoms with Gasteiger partial charge < -0.3 is 19.7 Å². The number of ether oxygens (including phenoxy) is 2. The lowest BCUT2D eigenvalue weighted by atomic mass is 10.2. The second kappa shape index (κ2) is 11.3. The van der Waals surface area contributed by atoms with Crippen molar-refractivity contribution in [1.29, 1.82) is 0 Å². The Morgan fingerprint density at radius 2 is 1.83 bits per heavy atom. The van der Waals surface area contributed by atoms with Gasteiger partial charge in [-0.3, -0.25) is 9.59 Å². The summed E-state index contributed by atoms with van der Waals surface area (Å²) < 4.78 is 10.6. The van der Waals surface area contributed by atoms with Gasteiger partial charge in [0.1, 0.15) is 5.75 Å². The molecule has 6 nitrogen and oxygen atoms in total. The molecule has 0 unspecified atom stereocenters. The number of aryl methyl sites for hydroxylation is 1. The van der Waals surface area contributed by atoms with Crippen LogP contribution in [-0.4, -0.2) is 39.2 Å². The van der Waals surface area contributed by atoms with E-state index in [1.165, 1.54) is 0 Å². The number of esters is 1. The summed E-state index contributed by atoms with van der Waals surface area (Å²) in [4.78, 5) is 25.6. The Kier molecular flexibility index (Phi) is 8.80. The number of carbonyl (C=O) groups excluding carboxylic acids is 2. The molecule has 0 bridgehead atoms. The fraction of sp³-hybridized carbons (Fsp3) is 0.364. The van der Waals surface area contributed by atoms with E-state index in [1.807, 2.05) is 56.3 Å². The minimum atomic E-state index is -0.424. The Morgan fingerprint density at radius 3 is 2.48 bits per heavy atom. The zero-order valence-electron chi connectivity index (χ0n) is 17.0. The number of rotatable bonds is 10. The van der Waals surface area contributed by atoms with Crippen LogP contribution in [0.5, 0.6) is 5.75 Å². The highest BCUT2D eigenvalue weighted by Crippen LogP contribution is 2.21. The van der Waals surface area contributed by atoms with Gasteiger partial charge in [-0.05, 0) is 54.8 Å². The van der Waals surface area contributed by atoms with Crippen molar-refractivity contribution in [3.8, 4) is 5.75 Å². The van der Waals surface area contributed by atoms with Crippen molar-refractivity contribution in [3.63, 3.8) is 0 Å². The molecule has 156 valence electrons. The van der Waals surface area contributed by atoms with E-state index in [1.54, 1.807) is 12.1 Å². The van der Waals surface area contributed by atoms with Gasteiger partial charge in [0.15, 0.2) is 6.61 Å². The average Bonchev–Trinajstić information content (AvgIpc) is 2.69. The summed E-state index contributed by atoms with van der Waals surface area (Å²) in [6, 6.07) is 13.2. The van der Waals surface area contributed by atoms with Crippen LogP contribution in [0.1, 0.15) is 24.0 Å². The molecule has 0 aliphatic heterocycles. The van der Waals surface area contributed by atoms with Crippen molar-refractivity contribution < 1.29 is 19.1 Å². The number of amides is 1. The van der Waals surface area contributed by atoms with Gasteiger partial charge in [-0.1, -0.05) is 23.7 Å². The summed E-state index contributed by atoms with van der Waals surface area (Å²) in [6.07, 6.45) is 0.687. The van der Waals surface area contributed by atoms with E-state index in [2.05, 4.69) is 5.32 Å². The second-order valence-electron chi connectivity index (χ2n) is 6.86. The van der Waals surface area contributed by atoms with Crippen LogP contribution >= 0.6 is 11.6 Å². The van der Waals surface area contributed by atoms with E-state index in [4.69, 9.17) is 21.1 Å². The smallest absolute Gasteiger partial charge is 0.306 e. The van der Waals surface area contributed by atoms with Gasteiger partial charge in [-0.25, -0.2) is 0 Å². The fourth-order valence-corrected chi connectivity index (χ4v) is 2.78. The highest BCUT2D eigenvalue weighted by molar-refractivity contribution is 6.30. The Morgan fingerprint density at radius 1 is 1.10 bits per heavy atom. The summed E-state index contributed by atoms with van der Waals surface area (Å²) in [6.45, 7) is 2.39. The summed E-state index contributed by atoms with van der Waals surface area (Å²) in [5.74, 6) is -0.0178. The van der Waals surface area contributed by atoms with Crippen molar-refractivity contribution >= 4 is 29.2 Å². The number of carbonyl (C=O) groups is 2. The monoisotopic (exact) mass is 418 g/mol. The van der Waals surface area contributed by atoms with Crippen molar-refractivity contribution in [2.75, 3.05) is 32.2 Å². The first-order valence-corrected chi connectivity index (χ1v) is 9.80. The van der Waals surface area contributed by atoms with Crippen molar-refractivity contribution in [3.05, 3.63) is 58.6 Å². The van der Waals surface area contributed by atoms with Crippen LogP contribution in [-0.2, 0) is 20.9 Å². The molecule has 2 rings (SSSR count). The number of nitrogens with zero attached hydrogens (tertiary/aromatic N) is 1. The second-order valence-corrected chi connectivity index (χ2v) is 7.30. The molecule has 7 heteroatoms. The molecular weight excluding hydrogens is 392 g/mol. The lowest BCUT2D eigenvalue weighted by molar-refractivity contribution is -0.148. The zero-order chi connectivity index (χ0) is 21.2. The predicted molar refractivity (Wildman–Crippen MR) is 114 cm³/mol. The zero-order valence-corrected chi connectivity index (χ0v) is 17.8.